The normalized spacial score (nSPS) is 19.9. The van der Waals surface area contributed by atoms with Crippen molar-refractivity contribution in [3.05, 3.63) is 29.8 Å². The molecule has 5 heteroatoms. The van der Waals surface area contributed by atoms with E-state index >= 15 is 0 Å². The maximum Gasteiger partial charge on any atom is 0.335 e. The molecule has 1 aromatic rings. The van der Waals surface area contributed by atoms with E-state index in [9.17, 15) is 9.59 Å². The van der Waals surface area contributed by atoms with Gasteiger partial charge in [-0.15, -0.1) is 0 Å². The molecule has 1 fully saturated rings. The van der Waals surface area contributed by atoms with Crippen LogP contribution in [0, 0.1) is 0 Å². The van der Waals surface area contributed by atoms with Crippen LogP contribution in [0.5, 0.6) is 0 Å². The van der Waals surface area contributed by atoms with Crippen molar-refractivity contribution in [3.8, 4) is 0 Å². The molecule has 0 aliphatic carbocycles. The minimum absolute atomic E-state index is 0.0972. The summed E-state index contributed by atoms with van der Waals surface area (Å²) in [4.78, 5) is 26.0. The van der Waals surface area contributed by atoms with Gasteiger partial charge in [0.2, 0.25) is 0 Å². The monoisotopic (exact) mass is 234 g/mol. The summed E-state index contributed by atoms with van der Waals surface area (Å²) < 4.78 is 0. The molecule has 1 aliphatic rings. The van der Waals surface area contributed by atoms with Crippen molar-refractivity contribution >= 4 is 17.7 Å². The van der Waals surface area contributed by atoms with E-state index in [2.05, 4.69) is 0 Å². The Morgan fingerprint density at radius 1 is 1.47 bits per heavy atom. The first-order valence-electron chi connectivity index (χ1n) is 5.38. The second-order valence-electron chi connectivity index (χ2n) is 4.21. The van der Waals surface area contributed by atoms with E-state index in [1.54, 1.807) is 29.0 Å². The Labute approximate surface area is 99.3 Å². The highest BCUT2D eigenvalue weighted by Gasteiger charge is 2.32. The minimum atomic E-state index is -0.986. The van der Waals surface area contributed by atoms with Gasteiger partial charge in [-0.25, -0.2) is 9.59 Å². The van der Waals surface area contributed by atoms with Gasteiger partial charge in [0.25, 0.3) is 0 Å². The van der Waals surface area contributed by atoms with E-state index in [0.29, 0.717) is 12.2 Å². The summed E-state index contributed by atoms with van der Waals surface area (Å²) in [6.45, 7) is 2.54. The third kappa shape index (κ3) is 1.95. The van der Waals surface area contributed by atoms with E-state index < -0.39 is 5.97 Å². The third-order valence-corrected chi connectivity index (χ3v) is 3.05. The van der Waals surface area contributed by atoms with Gasteiger partial charge in [-0.05, 0) is 25.1 Å². The van der Waals surface area contributed by atoms with Gasteiger partial charge in [-0.1, -0.05) is 6.07 Å². The third-order valence-electron chi connectivity index (χ3n) is 3.05. The lowest BCUT2D eigenvalue weighted by atomic mass is 10.2. The molecular weight excluding hydrogens is 220 g/mol. The summed E-state index contributed by atoms with van der Waals surface area (Å²) in [6.07, 6.45) is 0. The molecule has 1 aliphatic heterocycles. The molecule has 0 saturated carbocycles. The van der Waals surface area contributed by atoms with Gasteiger partial charge in [-0.2, -0.15) is 0 Å². The standard InChI is InChI=1S/C12H14N2O3/c1-8-7-14(12(17)13(8)2)10-5-3-4-9(6-10)11(15)16/h3-6,8H,7H2,1-2H3,(H,15,16). The minimum Gasteiger partial charge on any atom is -0.478 e. The lowest BCUT2D eigenvalue weighted by molar-refractivity contribution is 0.0697. The second-order valence-corrected chi connectivity index (χ2v) is 4.21. The number of hydrogen-bond acceptors (Lipinski definition) is 2. The molecule has 0 bridgehead atoms. The van der Waals surface area contributed by atoms with E-state index in [1.807, 2.05) is 6.92 Å². The predicted molar refractivity (Wildman–Crippen MR) is 63.4 cm³/mol. The number of carbonyl (C=O) groups is 2. The van der Waals surface area contributed by atoms with Crippen molar-refractivity contribution in [1.29, 1.82) is 0 Å². The molecule has 1 N–H and O–H groups in total. The number of carboxylic acid groups (broad SMARTS) is 1. The van der Waals surface area contributed by atoms with Crippen LogP contribution in [-0.2, 0) is 0 Å². The van der Waals surface area contributed by atoms with Crippen LogP contribution in [0.25, 0.3) is 0 Å². The lowest BCUT2D eigenvalue weighted by Crippen LogP contribution is -2.30. The maximum atomic E-state index is 11.9. The molecule has 1 saturated heterocycles. The molecule has 17 heavy (non-hydrogen) atoms. The molecule has 1 heterocycles. The van der Waals surface area contributed by atoms with Crippen LogP contribution < -0.4 is 4.90 Å². The first-order chi connectivity index (χ1) is 8.00. The molecule has 1 atom stereocenters. The fourth-order valence-corrected chi connectivity index (χ4v) is 1.87. The van der Waals surface area contributed by atoms with Crippen LogP contribution >= 0.6 is 0 Å². The molecule has 0 spiro atoms. The number of amides is 2. The molecule has 5 nitrogen and oxygen atoms in total. The van der Waals surface area contributed by atoms with Gasteiger partial charge in [0.15, 0.2) is 0 Å². The highest BCUT2D eigenvalue weighted by Crippen LogP contribution is 2.23. The number of rotatable bonds is 2. The Morgan fingerprint density at radius 3 is 2.71 bits per heavy atom. The zero-order valence-corrected chi connectivity index (χ0v) is 9.75. The first kappa shape index (κ1) is 11.4. The fraction of sp³-hybridized carbons (Fsp3) is 0.333. The Kier molecular flexibility index (Phi) is 2.75. The van der Waals surface area contributed by atoms with Crippen molar-refractivity contribution in [2.24, 2.45) is 0 Å². The van der Waals surface area contributed by atoms with Crippen molar-refractivity contribution in [2.75, 3.05) is 18.5 Å². The van der Waals surface area contributed by atoms with Gasteiger partial charge in [0.1, 0.15) is 0 Å². The molecule has 2 amide bonds. The quantitative estimate of drug-likeness (QED) is 0.846. The average molecular weight is 234 g/mol. The summed E-state index contributed by atoms with van der Waals surface area (Å²) in [5, 5.41) is 8.91. The molecule has 1 unspecified atom stereocenters. The van der Waals surface area contributed by atoms with Crippen LogP contribution in [0.3, 0.4) is 0 Å². The SMILES string of the molecule is CC1CN(c2cccc(C(=O)O)c2)C(=O)N1C. The molecule has 90 valence electrons. The highest BCUT2D eigenvalue weighted by atomic mass is 16.4. The van der Waals surface area contributed by atoms with Crippen molar-refractivity contribution in [1.82, 2.24) is 4.90 Å². The Hall–Kier alpha value is -2.04. The van der Waals surface area contributed by atoms with Gasteiger partial charge in [0.05, 0.1) is 5.56 Å². The van der Waals surface area contributed by atoms with Gasteiger partial charge >= 0.3 is 12.0 Å². The van der Waals surface area contributed by atoms with E-state index in [0.717, 1.165) is 0 Å². The van der Waals surface area contributed by atoms with Crippen molar-refractivity contribution in [3.63, 3.8) is 0 Å². The Bertz CT molecular complexity index is 473. The van der Waals surface area contributed by atoms with Crippen LogP contribution in [0.2, 0.25) is 0 Å². The number of urea groups is 1. The summed E-state index contributed by atoms with van der Waals surface area (Å²) in [6, 6.07) is 6.47. The topological polar surface area (TPSA) is 60.9 Å². The fourth-order valence-electron chi connectivity index (χ4n) is 1.87. The second kappa shape index (κ2) is 4.08. The van der Waals surface area contributed by atoms with Crippen LogP contribution in [0.4, 0.5) is 10.5 Å². The molecule has 1 aromatic carbocycles. The number of carboxylic acids is 1. The van der Waals surface area contributed by atoms with E-state index in [-0.39, 0.29) is 17.6 Å². The average Bonchev–Trinajstić information content (AvgIpc) is 2.57. The molecule has 2 rings (SSSR count). The van der Waals surface area contributed by atoms with E-state index in [4.69, 9.17) is 5.11 Å². The Morgan fingerprint density at radius 2 is 2.18 bits per heavy atom. The zero-order valence-electron chi connectivity index (χ0n) is 9.75. The summed E-state index contributed by atoms with van der Waals surface area (Å²) in [5.74, 6) is -0.986. The number of hydrogen-bond donors (Lipinski definition) is 1. The predicted octanol–water partition coefficient (Wildman–Crippen LogP) is 1.65. The van der Waals surface area contributed by atoms with Gasteiger partial charge in [0, 0.05) is 25.3 Å². The zero-order chi connectivity index (χ0) is 12.6. The lowest BCUT2D eigenvalue weighted by Gasteiger charge is -2.16. The number of likely N-dealkylation sites (N-methyl/N-ethyl adjacent to an activating group) is 1. The smallest absolute Gasteiger partial charge is 0.335 e. The molecular formula is C12H14N2O3. The summed E-state index contributed by atoms with van der Waals surface area (Å²) >= 11 is 0. The van der Waals surface area contributed by atoms with E-state index in [1.165, 1.54) is 12.1 Å². The number of benzene rings is 1. The Balaban J connectivity index is 2.32. The summed E-state index contributed by atoms with van der Waals surface area (Å²) in [5.41, 5.74) is 0.823. The number of anilines is 1. The van der Waals surface area contributed by atoms with Crippen molar-refractivity contribution < 1.29 is 14.7 Å². The first-order valence-corrected chi connectivity index (χ1v) is 5.38. The number of aromatic carboxylic acids is 1. The highest BCUT2D eigenvalue weighted by molar-refractivity contribution is 5.96. The van der Waals surface area contributed by atoms with Crippen molar-refractivity contribution in [2.45, 2.75) is 13.0 Å². The van der Waals surface area contributed by atoms with Gasteiger partial charge < -0.3 is 10.0 Å². The largest absolute Gasteiger partial charge is 0.478 e. The summed E-state index contributed by atoms with van der Waals surface area (Å²) in [7, 11) is 1.74. The maximum absolute atomic E-state index is 11.9. The van der Waals surface area contributed by atoms with Crippen LogP contribution in [0.15, 0.2) is 24.3 Å². The van der Waals surface area contributed by atoms with Crippen LogP contribution in [-0.4, -0.2) is 41.6 Å². The number of carbonyl (C=O) groups excluding carboxylic acids is 1. The van der Waals surface area contributed by atoms with Gasteiger partial charge in [-0.3, -0.25) is 4.90 Å². The number of nitrogens with zero attached hydrogens (tertiary/aromatic N) is 2. The van der Waals surface area contributed by atoms with Crippen LogP contribution in [0.1, 0.15) is 17.3 Å². The molecule has 0 radical (unpaired) electrons. The molecule has 0 aromatic heterocycles.